The molecular weight excluding hydrogens is 394 g/mol. The van der Waals surface area contributed by atoms with Crippen molar-refractivity contribution >= 4 is 40.2 Å². The van der Waals surface area contributed by atoms with Crippen LogP contribution in [0.25, 0.3) is 0 Å². The maximum Gasteiger partial charge on any atom is 0.305 e. The minimum Gasteiger partial charge on any atom is -0.481 e. The minimum atomic E-state index is -0.894. The van der Waals surface area contributed by atoms with Gasteiger partial charge in [0.25, 0.3) is 0 Å². The Kier molecular flexibility index (Phi) is 18.9. The number of unbranched alkanes of at least 4 members (excludes halogenated alkanes) is 11. The Morgan fingerprint density at radius 3 is 1.54 bits per heavy atom. The van der Waals surface area contributed by atoms with Gasteiger partial charge in [0, 0.05) is 18.8 Å². The van der Waals surface area contributed by atoms with Crippen molar-refractivity contribution in [1.82, 2.24) is 4.90 Å². The summed E-state index contributed by atoms with van der Waals surface area (Å²) in [6.07, 6.45) is 15.7. The van der Waals surface area contributed by atoms with Crippen LogP contribution >= 0.6 is 24.0 Å². The molecule has 0 rings (SSSR count). The number of carboxylic acid groups (broad SMARTS) is 2. The highest BCUT2D eigenvalue weighted by Gasteiger charge is 2.13. The molecule has 0 radical (unpaired) electrons. The number of thiocarbonyl (C=S) groups is 1. The highest BCUT2D eigenvalue weighted by molar-refractivity contribution is 8.22. The number of thioether (sulfide) groups is 1. The molecule has 0 aliphatic carbocycles. The lowest BCUT2D eigenvalue weighted by atomic mass is 10.1. The van der Waals surface area contributed by atoms with E-state index >= 15 is 0 Å². The summed E-state index contributed by atoms with van der Waals surface area (Å²) in [4.78, 5) is 23.2. The van der Waals surface area contributed by atoms with Gasteiger partial charge in [-0.1, -0.05) is 102 Å². The third-order valence-corrected chi connectivity index (χ3v) is 6.28. The van der Waals surface area contributed by atoms with Gasteiger partial charge in [-0.2, -0.15) is 0 Å². The summed E-state index contributed by atoms with van der Waals surface area (Å²) in [5.41, 5.74) is 0. The van der Waals surface area contributed by atoms with Crippen LogP contribution in [0.2, 0.25) is 0 Å². The molecule has 0 saturated carbocycles. The van der Waals surface area contributed by atoms with Crippen molar-refractivity contribution in [2.24, 2.45) is 0 Å². The summed E-state index contributed by atoms with van der Waals surface area (Å²) in [6, 6.07) is 0. The lowest BCUT2D eigenvalue weighted by Crippen LogP contribution is -2.32. The third-order valence-electron chi connectivity index (χ3n) is 4.67. The zero-order chi connectivity index (χ0) is 21.0. The number of hydrogen-bond donors (Lipinski definition) is 2. The van der Waals surface area contributed by atoms with Gasteiger partial charge >= 0.3 is 11.9 Å². The Hall–Kier alpha value is -0.820. The molecule has 0 bridgehead atoms. The lowest BCUT2D eigenvalue weighted by molar-refractivity contribution is -0.137. The molecule has 0 spiro atoms. The molecule has 2 N–H and O–H groups in total. The first-order chi connectivity index (χ1) is 13.5. The Morgan fingerprint density at radius 1 is 0.750 bits per heavy atom. The predicted octanol–water partition coefficient (Wildman–Crippen LogP) is 5.96. The second kappa shape index (κ2) is 19.5. The number of aliphatic carboxylic acids is 2. The van der Waals surface area contributed by atoms with E-state index in [1.807, 2.05) is 0 Å². The molecule has 0 aromatic heterocycles. The molecule has 0 aromatic carbocycles. The molecule has 0 heterocycles. The van der Waals surface area contributed by atoms with Gasteiger partial charge in [0.1, 0.15) is 4.32 Å². The number of rotatable bonds is 19. The topological polar surface area (TPSA) is 77.8 Å². The normalized spacial score (nSPS) is 10.8. The molecule has 0 fully saturated rings. The fraction of sp³-hybridized carbons (Fsp3) is 0.857. The van der Waals surface area contributed by atoms with Crippen molar-refractivity contribution in [2.75, 3.05) is 18.8 Å². The molecule has 164 valence electrons. The first-order valence-electron chi connectivity index (χ1n) is 10.8. The summed E-state index contributed by atoms with van der Waals surface area (Å²) in [5, 5.41) is 17.7. The van der Waals surface area contributed by atoms with Gasteiger partial charge in [0.15, 0.2) is 0 Å². The van der Waals surface area contributed by atoms with Crippen LogP contribution in [0.1, 0.15) is 96.8 Å². The molecule has 0 aliphatic heterocycles. The molecule has 0 atom stereocenters. The van der Waals surface area contributed by atoms with Gasteiger partial charge < -0.3 is 15.1 Å². The lowest BCUT2D eigenvalue weighted by Gasteiger charge is -2.23. The highest BCUT2D eigenvalue weighted by atomic mass is 32.2. The van der Waals surface area contributed by atoms with Gasteiger partial charge in [-0.3, -0.25) is 9.59 Å². The number of carbonyl (C=O) groups is 2. The van der Waals surface area contributed by atoms with Gasteiger partial charge in [-0.15, -0.1) is 0 Å². The molecule has 0 amide bonds. The Bertz CT molecular complexity index is 415. The van der Waals surface area contributed by atoms with Crippen LogP contribution in [0, 0.1) is 0 Å². The largest absolute Gasteiger partial charge is 0.481 e. The van der Waals surface area contributed by atoms with Crippen molar-refractivity contribution in [3.8, 4) is 0 Å². The molecule has 5 nitrogen and oxygen atoms in total. The van der Waals surface area contributed by atoms with E-state index in [0.29, 0.717) is 4.32 Å². The second-order valence-electron chi connectivity index (χ2n) is 7.28. The molecule has 0 saturated heterocycles. The van der Waals surface area contributed by atoms with Crippen LogP contribution in [-0.2, 0) is 9.59 Å². The van der Waals surface area contributed by atoms with E-state index < -0.39 is 11.9 Å². The fourth-order valence-electron chi connectivity index (χ4n) is 2.95. The van der Waals surface area contributed by atoms with Crippen LogP contribution in [0.3, 0.4) is 0 Å². The quantitative estimate of drug-likeness (QED) is 0.192. The van der Waals surface area contributed by atoms with E-state index in [4.69, 9.17) is 22.4 Å². The first kappa shape index (κ1) is 27.2. The SMILES string of the molecule is CCCCCCCCCCCCCCSC(=S)N(CCC(=O)O)CCC(=O)O. The minimum absolute atomic E-state index is 0.0288. The average Bonchev–Trinajstić information content (AvgIpc) is 2.64. The molecule has 0 aromatic rings. The number of nitrogens with zero attached hydrogens (tertiary/aromatic N) is 1. The molecular formula is C21H39NO4S2. The summed E-state index contributed by atoms with van der Waals surface area (Å²) in [6.45, 7) is 2.79. The van der Waals surface area contributed by atoms with Crippen LogP contribution in [-0.4, -0.2) is 50.2 Å². The molecule has 28 heavy (non-hydrogen) atoms. The third kappa shape index (κ3) is 18.5. The standard InChI is InChI=1S/C21H39NO4S2/c1-2-3-4-5-6-7-8-9-10-11-12-13-18-28-21(27)22(16-14-19(23)24)17-15-20(25)26/h2-18H2,1H3,(H,23,24)(H,25,26). The van der Waals surface area contributed by atoms with E-state index in [2.05, 4.69) is 6.92 Å². The number of hydrogen-bond acceptors (Lipinski definition) is 4. The fourth-order valence-corrected chi connectivity index (χ4v) is 4.27. The van der Waals surface area contributed by atoms with Crippen molar-refractivity contribution in [3.05, 3.63) is 0 Å². The summed E-state index contributed by atoms with van der Waals surface area (Å²) in [7, 11) is 0. The van der Waals surface area contributed by atoms with Crippen molar-refractivity contribution in [1.29, 1.82) is 0 Å². The second-order valence-corrected chi connectivity index (χ2v) is 9.01. The molecule has 0 aliphatic rings. The van der Waals surface area contributed by atoms with Crippen LogP contribution in [0.5, 0.6) is 0 Å². The highest BCUT2D eigenvalue weighted by Crippen LogP contribution is 2.16. The maximum absolute atomic E-state index is 10.8. The van der Waals surface area contributed by atoms with Crippen LogP contribution in [0.15, 0.2) is 0 Å². The Morgan fingerprint density at radius 2 is 1.14 bits per heavy atom. The summed E-state index contributed by atoms with van der Waals surface area (Å²) < 4.78 is 0.616. The van der Waals surface area contributed by atoms with Crippen molar-refractivity contribution < 1.29 is 19.8 Å². The van der Waals surface area contributed by atoms with E-state index in [-0.39, 0.29) is 25.9 Å². The van der Waals surface area contributed by atoms with Crippen LogP contribution < -0.4 is 0 Å². The predicted molar refractivity (Wildman–Crippen MR) is 122 cm³/mol. The summed E-state index contributed by atoms with van der Waals surface area (Å²) >= 11 is 6.91. The Balaban J connectivity index is 3.67. The van der Waals surface area contributed by atoms with E-state index in [1.165, 1.54) is 70.6 Å². The van der Waals surface area contributed by atoms with Gasteiger partial charge in [-0.25, -0.2) is 0 Å². The smallest absolute Gasteiger partial charge is 0.305 e. The maximum atomic E-state index is 10.8. The van der Waals surface area contributed by atoms with Crippen molar-refractivity contribution in [2.45, 2.75) is 96.8 Å². The monoisotopic (exact) mass is 433 g/mol. The zero-order valence-corrected chi connectivity index (χ0v) is 19.1. The van der Waals surface area contributed by atoms with Crippen LogP contribution in [0.4, 0.5) is 0 Å². The average molecular weight is 434 g/mol. The number of carboxylic acids is 2. The van der Waals surface area contributed by atoms with E-state index in [1.54, 1.807) is 16.7 Å². The van der Waals surface area contributed by atoms with Gasteiger partial charge in [0.05, 0.1) is 12.8 Å². The van der Waals surface area contributed by atoms with Crippen molar-refractivity contribution in [3.63, 3.8) is 0 Å². The van der Waals surface area contributed by atoms with E-state index in [0.717, 1.165) is 12.2 Å². The van der Waals surface area contributed by atoms with Gasteiger partial charge in [-0.05, 0) is 6.42 Å². The Labute approximate surface area is 180 Å². The van der Waals surface area contributed by atoms with Gasteiger partial charge in [0.2, 0.25) is 0 Å². The zero-order valence-electron chi connectivity index (χ0n) is 17.5. The molecule has 7 heteroatoms. The molecule has 0 unspecified atom stereocenters. The first-order valence-corrected chi connectivity index (χ1v) is 12.2. The van der Waals surface area contributed by atoms with E-state index in [9.17, 15) is 9.59 Å². The summed E-state index contributed by atoms with van der Waals surface area (Å²) in [5.74, 6) is -0.879.